The zero-order valence-electron chi connectivity index (χ0n) is 10.4. The summed E-state index contributed by atoms with van der Waals surface area (Å²) in [4.78, 5) is 25.2. The molecule has 0 spiro atoms. The number of esters is 1. The molecule has 1 amide bonds. The van der Waals surface area contributed by atoms with E-state index in [0.29, 0.717) is 19.4 Å². The minimum absolute atomic E-state index is 0.111. The number of rotatable bonds is 2. The molecule has 1 fully saturated rings. The third kappa shape index (κ3) is 2.56. The molecule has 102 valence electrons. The molecule has 0 aromatic heterocycles. The van der Waals surface area contributed by atoms with Crippen molar-refractivity contribution in [3.63, 3.8) is 0 Å². The second-order valence-electron chi connectivity index (χ2n) is 4.28. The van der Waals surface area contributed by atoms with Crippen LogP contribution >= 0.6 is 11.6 Å². The second-order valence-corrected chi connectivity index (χ2v) is 4.69. The lowest BCUT2D eigenvalue weighted by molar-refractivity contribution is -0.145. The van der Waals surface area contributed by atoms with Crippen molar-refractivity contribution in [2.45, 2.75) is 18.9 Å². The van der Waals surface area contributed by atoms with Crippen molar-refractivity contribution >= 4 is 23.5 Å². The van der Waals surface area contributed by atoms with Crippen LogP contribution < -0.4 is 0 Å². The van der Waals surface area contributed by atoms with Gasteiger partial charge < -0.3 is 9.64 Å². The van der Waals surface area contributed by atoms with Gasteiger partial charge in [0.1, 0.15) is 6.04 Å². The minimum atomic E-state index is -0.760. The van der Waals surface area contributed by atoms with Crippen LogP contribution in [-0.4, -0.2) is 36.5 Å². The molecule has 1 aromatic rings. The van der Waals surface area contributed by atoms with Crippen LogP contribution in [0.4, 0.5) is 4.39 Å². The number of hydrogen-bond donors (Lipinski definition) is 0. The number of likely N-dealkylation sites (tertiary alicyclic amines) is 1. The summed E-state index contributed by atoms with van der Waals surface area (Å²) < 4.78 is 18.5. The topological polar surface area (TPSA) is 46.6 Å². The highest BCUT2D eigenvalue weighted by Crippen LogP contribution is 2.24. The summed E-state index contributed by atoms with van der Waals surface area (Å²) >= 11 is 5.65. The molecule has 4 nitrogen and oxygen atoms in total. The van der Waals surface area contributed by atoms with Crippen molar-refractivity contribution in [2.75, 3.05) is 13.7 Å². The van der Waals surface area contributed by atoms with Crippen molar-refractivity contribution in [1.29, 1.82) is 0 Å². The Morgan fingerprint density at radius 2 is 2.21 bits per heavy atom. The Kier molecular flexibility index (Phi) is 4.04. The summed E-state index contributed by atoms with van der Waals surface area (Å²) in [5.41, 5.74) is -0.122. The van der Waals surface area contributed by atoms with Gasteiger partial charge >= 0.3 is 5.97 Å². The number of ether oxygens (including phenoxy) is 1. The first-order chi connectivity index (χ1) is 9.06. The number of nitrogens with zero attached hydrogens (tertiary/aromatic N) is 1. The summed E-state index contributed by atoms with van der Waals surface area (Å²) in [6, 6.07) is 3.59. The lowest BCUT2D eigenvalue weighted by Gasteiger charge is -2.22. The van der Waals surface area contributed by atoms with Gasteiger partial charge in [-0.3, -0.25) is 4.79 Å². The Morgan fingerprint density at radius 1 is 1.47 bits per heavy atom. The summed E-state index contributed by atoms with van der Waals surface area (Å²) in [7, 11) is 1.27. The molecule has 1 heterocycles. The van der Waals surface area contributed by atoms with E-state index in [2.05, 4.69) is 4.74 Å². The molecule has 1 atom stereocenters. The van der Waals surface area contributed by atoms with Gasteiger partial charge in [0, 0.05) is 6.54 Å². The highest BCUT2D eigenvalue weighted by atomic mass is 35.5. The lowest BCUT2D eigenvalue weighted by atomic mass is 10.1. The highest BCUT2D eigenvalue weighted by molar-refractivity contribution is 6.31. The predicted octanol–water partition coefficient (Wildman–Crippen LogP) is 2.26. The number of benzene rings is 1. The maximum atomic E-state index is 13.8. The Labute approximate surface area is 115 Å². The quantitative estimate of drug-likeness (QED) is 0.783. The van der Waals surface area contributed by atoms with E-state index in [1.54, 1.807) is 0 Å². The third-order valence-electron chi connectivity index (χ3n) is 3.17. The molecule has 2 rings (SSSR count). The van der Waals surface area contributed by atoms with Crippen LogP contribution in [0.2, 0.25) is 5.02 Å². The standard InChI is InChI=1S/C13H13ClFNO3/c1-19-13(18)10-6-3-7-16(10)12(17)8-4-2-5-9(14)11(8)15/h2,4-5,10H,3,6-7H2,1H3. The van der Waals surface area contributed by atoms with E-state index in [9.17, 15) is 14.0 Å². The van der Waals surface area contributed by atoms with Crippen LogP contribution in [0.1, 0.15) is 23.2 Å². The number of amides is 1. The van der Waals surface area contributed by atoms with Gasteiger partial charge in [0.05, 0.1) is 17.7 Å². The summed E-state index contributed by atoms with van der Waals surface area (Å²) in [6.45, 7) is 0.407. The Bertz CT molecular complexity index is 521. The molecule has 1 aromatic carbocycles. The number of methoxy groups -OCH3 is 1. The van der Waals surface area contributed by atoms with E-state index in [0.717, 1.165) is 0 Å². The molecule has 1 unspecified atom stereocenters. The van der Waals surface area contributed by atoms with E-state index in [-0.39, 0.29) is 10.6 Å². The van der Waals surface area contributed by atoms with Crippen LogP contribution in [0.25, 0.3) is 0 Å². The van der Waals surface area contributed by atoms with E-state index >= 15 is 0 Å². The Balaban J connectivity index is 2.28. The lowest BCUT2D eigenvalue weighted by Crippen LogP contribution is -2.41. The van der Waals surface area contributed by atoms with Crippen LogP contribution in [0.3, 0.4) is 0 Å². The van der Waals surface area contributed by atoms with Gasteiger partial charge in [-0.25, -0.2) is 9.18 Å². The number of hydrogen-bond acceptors (Lipinski definition) is 3. The van der Waals surface area contributed by atoms with Gasteiger partial charge in [-0.15, -0.1) is 0 Å². The van der Waals surface area contributed by atoms with E-state index in [1.165, 1.54) is 30.2 Å². The third-order valence-corrected chi connectivity index (χ3v) is 3.46. The molecule has 0 saturated carbocycles. The van der Waals surface area contributed by atoms with Crippen molar-refractivity contribution < 1.29 is 18.7 Å². The average Bonchev–Trinajstić information content (AvgIpc) is 2.89. The zero-order chi connectivity index (χ0) is 14.0. The maximum absolute atomic E-state index is 13.8. The van der Waals surface area contributed by atoms with Gasteiger partial charge in [-0.2, -0.15) is 0 Å². The highest BCUT2D eigenvalue weighted by Gasteiger charge is 2.36. The molecule has 19 heavy (non-hydrogen) atoms. The van der Waals surface area contributed by atoms with Gasteiger partial charge in [0.2, 0.25) is 0 Å². The first-order valence-electron chi connectivity index (χ1n) is 5.89. The monoisotopic (exact) mass is 285 g/mol. The van der Waals surface area contributed by atoms with Gasteiger partial charge in [0.25, 0.3) is 5.91 Å². The SMILES string of the molecule is COC(=O)C1CCCN1C(=O)c1cccc(Cl)c1F. The molecule has 0 aliphatic carbocycles. The first-order valence-corrected chi connectivity index (χ1v) is 6.27. The molecule has 6 heteroatoms. The Hall–Kier alpha value is -1.62. The number of carbonyl (C=O) groups is 2. The van der Waals surface area contributed by atoms with Crippen molar-refractivity contribution in [3.05, 3.63) is 34.6 Å². The van der Waals surface area contributed by atoms with Crippen LogP contribution in [0, 0.1) is 5.82 Å². The van der Waals surface area contributed by atoms with Crippen LogP contribution in [-0.2, 0) is 9.53 Å². The molecule has 1 aliphatic rings. The van der Waals surface area contributed by atoms with Crippen LogP contribution in [0.5, 0.6) is 0 Å². The molecule has 0 radical (unpaired) electrons. The fraction of sp³-hybridized carbons (Fsp3) is 0.385. The Morgan fingerprint density at radius 3 is 2.89 bits per heavy atom. The van der Waals surface area contributed by atoms with Crippen molar-refractivity contribution in [1.82, 2.24) is 4.90 Å². The fourth-order valence-corrected chi connectivity index (χ4v) is 2.39. The molecule has 0 N–H and O–H groups in total. The smallest absolute Gasteiger partial charge is 0.328 e. The molecular weight excluding hydrogens is 273 g/mol. The van der Waals surface area contributed by atoms with Gasteiger partial charge in [-0.05, 0) is 25.0 Å². The first kappa shape index (κ1) is 13.8. The van der Waals surface area contributed by atoms with E-state index < -0.39 is 23.7 Å². The van der Waals surface area contributed by atoms with Gasteiger partial charge in [-0.1, -0.05) is 17.7 Å². The van der Waals surface area contributed by atoms with Crippen molar-refractivity contribution in [3.8, 4) is 0 Å². The van der Waals surface area contributed by atoms with E-state index in [1.807, 2.05) is 0 Å². The molecule has 1 saturated heterocycles. The average molecular weight is 286 g/mol. The molecule has 0 bridgehead atoms. The minimum Gasteiger partial charge on any atom is -0.467 e. The summed E-state index contributed by atoms with van der Waals surface area (Å²) in [6.07, 6.45) is 1.22. The fourth-order valence-electron chi connectivity index (χ4n) is 2.21. The van der Waals surface area contributed by atoms with E-state index in [4.69, 9.17) is 11.6 Å². The molecule has 1 aliphatic heterocycles. The normalized spacial score (nSPS) is 18.5. The number of carbonyl (C=O) groups excluding carboxylic acids is 2. The van der Waals surface area contributed by atoms with Gasteiger partial charge in [0.15, 0.2) is 5.82 Å². The summed E-state index contributed by atoms with van der Waals surface area (Å²) in [5, 5.41) is -0.111. The maximum Gasteiger partial charge on any atom is 0.328 e. The molecular formula is C13H13ClFNO3. The number of halogens is 2. The predicted molar refractivity (Wildman–Crippen MR) is 67.5 cm³/mol. The second kappa shape index (κ2) is 5.57. The summed E-state index contributed by atoms with van der Waals surface area (Å²) in [5.74, 6) is -1.77. The zero-order valence-corrected chi connectivity index (χ0v) is 11.1. The largest absolute Gasteiger partial charge is 0.467 e. The van der Waals surface area contributed by atoms with Crippen molar-refractivity contribution in [2.24, 2.45) is 0 Å². The van der Waals surface area contributed by atoms with Crippen LogP contribution in [0.15, 0.2) is 18.2 Å².